The molecule has 5 aromatic rings. The third-order valence-corrected chi connectivity index (χ3v) is 11.4. The number of amidine groups is 2. The molecule has 2 aliphatic rings. The van der Waals surface area contributed by atoms with E-state index in [1.807, 2.05) is 6.07 Å². The molecule has 0 aliphatic carbocycles. The van der Waals surface area contributed by atoms with E-state index in [-0.39, 0.29) is 22.2 Å². The van der Waals surface area contributed by atoms with Crippen molar-refractivity contribution in [1.82, 2.24) is 9.97 Å². The van der Waals surface area contributed by atoms with E-state index in [1.165, 1.54) is 0 Å². The maximum Gasteiger partial charge on any atom is 0.160 e. The zero-order chi connectivity index (χ0) is 35.6. The van der Waals surface area contributed by atoms with E-state index in [0.29, 0.717) is 5.82 Å². The smallest absolute Gasteiger partial charge is 0.160 e. The highest BCUT2D eigenvalue weighted by Crippen LogP contribution is 2.43. The summed E-state index contributed by atoms with van der Waals surface area (Å²) < 4.78 is 0. The van der Waals surface area contributed by atoms with Gasteiger partial charge in [-0.1, -0.05) is 72.8 Å². The van der Waals surface area contributed by atoms with Crippen molar-refractivity contribution < 1.29 is 0 Å². The maximum atomic E-state index is 5.25. The quantitative estimate of drug-likeness (QED) is 0.182. The Morgan fingerprint density at radius 2 is 0.840 bits per heavy atom. The monoisotopic (exact) mass is 660 g/mol. The van der Waals surface area contributed by atoms with Crippen molar-refractivity contribution in [3.05, 3.63) is 109 Å². The summed E-state index contributed by atoms with van der Waals surface area (Å²) in [6.45, 7) is 22.1. The molecule has 6 heteroatoms. The Bertz CT molecular complexity index is 2050. The van der Waals surface area contributed by atoms with E-state index in [4.69, 9.17) is 20.0 Å². The van der Waals surface area contributed by atoms with Crippen molar-refractivity contribution in [2.24, 2.45) is 9.98 Å². The number of aromatic nitrogens is 2. The highest BCUT2D eigenvalue weighted by atomic mass is 15.3. The zero-order valence-electron chi connectivity index (χ0n) is 31.1. The lowest BCUT2D eigenvalue weighted by Crippen LogP contribution is -2.53. The van der Waals surface area contributed by atoms with Crippen LogP contribution in [0.4, 0.5) is 11.4 Å². The second-order valence-corrected chi connectivity index (χ2v) is 15.7. The maximum absolute atomic E-state index is 5.25. The fourth-order valence-corrected chi connectivity index (χ4v) is 7.51. The molecule has 0 spiro atoms. The van der Waals surface area contributed by atoms with E-state index in [0.717, 1.165) is 62.3 Å². The van der Waals surface area contributed by atoms with Crippen LogP contribution in [0.15, 0.2) is 119 Å². The first-order chi connectivity index (χ1) is 23.6. The van der Waals surface area contributed by atoms with Gasteiger partial charge in [-0.2, -0.15) is 0 Å². The minimum Gasteiger partial charge on any atom is -0.322 e. The third-order valence-electron chi connectivity index (χ3n) is 11.4. The normalized spacial score (nSPS) is 18.6. The molecule has 4 aromatic carbocycles. The lowest BCUT2D eigenvalue weighted by Gasteiger charge is -2.41. The highest BCUT2D eigenvalue weighted by molar-refractivity contribution is 6.01. The second kappa shape index (κ2) is 11.8. The first kappa shape index (κ1) is 33.4. The summed E-state index contributed by atoms with van der Waals surface area (Å²) in [6, 6.07) is 38.5. The molecule has 0 saturated carbocycles. The van der Waals surface area contributed by atoms with E-state index in [9.17, 15) is 0 Å². The molecular weight excluding hydrogens is 613 g/mol. The lowest BCUT2D eigenvalue weighted by molar-refractivity contribution is 0.338. The first-order valence-electron chi connectivity index (χ1n) is 17.6. The number of anilines is 2. The average molecular weight is 661 g/mol. The number of nitrogens with zero attached hydrogens (tertiary/aromatic N) is 6. The molecule has 3 heterocycles. The van der Waals surface area contributed by atoms with Gasteiger partial charge in [-0.25, -0.2) is 9.97 Å². The molecular formula is C44H48N6. The Morgan fingerprint density at radius 1 is 0.420 bits per heavy atom. The summed E-state index contributed by atoms with van der Waals surface area (Å²) in [5.74, 6) is 2.72. The van der Waals surface area contributed by atoms with Gasteiger partial charge in [-0.15, -0.1) is 0 Å². The van der Waals surface area contributed by atoms with Crippen LogP contribution < -0.4 is 9.80 Å². The Hall–Kier alpha value is -5.10. The number of rotatable bonds is 6. The van der Waals surface area contributed by atoms with Crippen molar-refractivity contribution in [1.29, 1.82) is 0 Å². The molecule has 50 heavy (non-hydrogen) atoms. The highest BCUT2D eigenvalue weighted by Gasteiger charge is 2.49. The second-order valence-electron chi connectivity index (χ2n) is 15.7. The molecule has 1 aromatic heterocycles. The SMILES string of the molecule is CC1=NC(C)(C)C(C)(C)N1c1cccc(-c2cc(-c3cccc(N4C(C)=NC(C)(C)C4(C)C)c3)nc(-c3cccc(-c4ccccc4)c3)n2)c1. The molecule has 0 amide bonds. The summed E-state index contributed by atoms with van der Waals surface area (Å²) in [5.41, 5.74) is 8.41. The van der Waals surface area contributed by atoms with Crippen LogP contribution in [-0.4, -0.2) is 43.8 Å². The fraction of sp³-hybridized carbons (Fsp3) is 0.318. The molecule has 0 atom stereocenters. The van der Waals surface area contributed by atoms with Crippen LogP contribution in [0.1, 0.15) is 69.2 Å². The van der Waals surface area contributed by atoms with E-state index in [1.54, 1.807) is 0 Å². The van der Waals surface area contributed by atoms with Crippen LogP contribution >= 0.6 is 0 Å². The van der Waals surface area contributed by atoms with Crippen LogP contribution in [0, 0.1) is 0 Å². The van der Waals surface area contributed by atoms with Crippen LogP contribution in [-0.2, 0) is 0 Å². The van der Waals surface area contributed by atoms with Crippen LogP contribution in [0.5, 0.6) is 0 Å². The van der Waals surface area contributed by atoms with Gasteiger partial charge in [0.1, 0.15) is 11.7 Å². The van der Waals surface area contributed by atoms with Gasteiger partial charge < -0.3 is 9.80 Å². The standard InChI is InChI=1S/C44H48N6/c1-29-47-41(3,4)43(7,8)49(29)36-23-15-20-33(26-36)38-28-39(34-21-16-24-37(27-34)50-30(2)48-42(5,6)44(50,9)10)46-40(45-38)35-22-14-19-32(25-35)31-17-12-11-13-18-31/h11-28H,1-10H3. The van der Waals surface area contributed by atoms with Gasteiger partial charge in [0.25, 0.3) is 0 Å². The molecule has 2 aliphatic heterocycles. The van der Waals surface area contributed by atoms with Crippen molar-refractivity contribution in [2.45, 2.75) is 91.4 Å². The lowest BCUT2D eigenvalue weighted by atomic mass is 9.83. The van der Waals surface area contributed by atoms with E-state index in [2.05, 4.69) is 182 Å². The summed E-state index contributed by atoms with van der Waals surface area (Å²) in [6.07, 6.45) is 0. The molecule has 254 valence electrons. The summed E-state index contributed by atoms with van der Waals surface area (Å²) in [5, 5.41) is 0. The Kier molecular flexibility index (Phi) is 7.85. The number of hydrogen-bond acceptors (Lipinski definition) is 6. The summed E-state index contributed by atoms with van der Waals surface area (Å²) in [4.78, 5) is 25.3. The molecule has 0 bridgehead atoms. The van der Waals surface area contributed by atoms with Crippen molar-refractivity contribution >= 4 is 23.0 Å². The van der Waals surface area contributed by atoms with Crippen LogP contribution in [0.3, 0.4) is 0 Å². The van der Waals surface area contributed by atoms with Gasteiger partial charge >= 0.3 is 0 Å². The topological polar surface area (TPSA) is 57.0 Å². The molecule has 0 unspecified atom stereocenters. The Labute approximate surface area is 297 Å². The van der Waals surface area contributed by atoms with E-state index < -0.39 is 0 Å². The van der Waals surface area contributed by atoms with Crippen molar-refractivity contribution in [2.75, 3.05) is 9.80 Å². The Morgan fingerprint density at radius 3 is 1.30 bits per heavy atom. The summed E-state index contributed by atoms with van der Waals surface area (Å²) >= 11 is 0. The minimum atomic E-state index is -0.223. The average Bonchev–Trinajstić information content (AvgIpc) is 3.36. The van der Waals surface area contributed by atoms with Crippen molar-refractivity contribution in [3.63, 3.8) is 0 Å². The van der Waals surface area contributed by atoms with Gasteiger partial charge in [-0.05, 0) is 117 Å². The molecule has 0 fully saturated rings. The molecule has 6 nitrogen and oxygen atoms in total. The molecule has 7 rings (SSSR count). The summed E-state index contributed by atoms with van der Waals surface area (Å²) in [7, 11) is 0. The number of hydrogen-bond donors (Lipinski definition) is 0. The van der Waals surface area contributed by atoms with Gasteiger partial charge in [0.05, 0.1) is 33.5 Å². The van der Waals surface area contributed by atoms with Crippen LogP contribution in [0.2, 0.25) is 0 Å². The van der Waals surface area contributed by atoms with Crippen molar-refractivity contribution in [3.8, 4) is 45.0 Å². The molecule has 0 radical (unpaired) electrons. The van der Waals surface area contributed by atoms with E-state index >= 15 is 0 Å². The fourth-order valence-electron chi connectivity index (χ4n) is 7.51. The number of aliphatic imine (C=N–C) groups is 2. The first-order valence-corrected chi connectivity index (χ1v) is 17.6. The third kappa shape index (κ3) is 5.51. The van der Waals surface area contributed by atoms with Gasteiger partial charge in [0.2, 0.25) is 0 Å². The Balaban J connectivity index is 1.37. The predicted octanol–water partition coefficient (Wildman–Crippen LogP) is 10.7. The minimum absolute atomic E-state index is 0.199. The van der Waals surface area contributed by atoms with Gasteiger partial charge in [0.15, 0.2) is 5.82 Å². The largest absolute Gasteiger partial charge is 0.322 e. The molecule has 0 N–H and O–H groups in total. The number of benzene rings is 4. The van der Waals surface area contributed by atoms with Crippen LogP contribution in [0.25, 0.3) is 45.0 Å². The molecule has 0 saturated heterocycles. The van der Waals surface area contributed by atoms with Gasteiger partial charge in [0, 0.05) is 28.1 Å². The predicted molar refractivity (Wildman–Crippen MR) is 211 cm³/mol. The zero-order valence-corrected chi connectivity index (χ0v) is 31.1. The van der Waals surface area contributed by atoms with Gasteiger partial charge in [-0.3, -0.25) is 9.98 Å².